The summed E-state index contributed by atoms with van der Waals surface area (Å²) in [6.07, 6.45) is 14.7. The lowest BCUT2D eigenvalue weighted by Crippen LogP contribution is -2.36. The van der Waals surface area contributed by atoms with E-state index in [4.69, 9.17) is 6.42 Å². The van der Waals surface area contributed by atoms with Gasteiger partial charge in [0.25, 0.3) is 0 Å². The van der Waals surface area contributed by atoms with Gasteiger partial charge in [-0.2, -0.15) is 0 Å². The van der Waals surface area contributed by atoms with E-state index >= 15 is 0 Å². The lowest BCUT2D eigenvalue weighted by atomic mass is 10.1. The Bertz CT molecular complexity index is 160. The van der Waals surface area contributed by atoms with Crippen LogP contribution in [-0.2, 0) is 0 Å². The van der Waals surface area contributed by atoms with Crippen molar-refractivity contribution in [3.8, 4) is 12.3 Å². The smallest absolute Gasteiger partial charge is 0.0686 e. The second kappa shape index (κ2) is 6.05. The van der Waals surface area contributed by atoms with E-state index in [-0.39, 0.29) is 0 Å². The van der Waals surface area contributed by atoms with Crippen molar-refractivity contribution in [3.05, 3.63) is 0 Å². The van der Waals surface area contributed by atoms with E-state index in [1.54, 1.807) is 0 Å². The third-order valence-corrected chi connectivity index (χ3v) is 2.90. The summed E-state index contributed by atoms with van der Waals surface area (Å²) in [6.45, 7) is 2.15. The molecule has 1 N–H and O–H groups in total. The normalized spacial score (nSPS) is 21.8. The lowest BCUT2D eigenvalue weighted by Gasteiger charge is -2.20. The summed E-state index contributed by atoms with van der Waals surface area (Å²) in [5.74, 6) is 2.81. The maximum atomic E-state index is 5.43. The van der Waals surface area contributed by atoms with Crippen LogP contribution in [0.1, 0.15) is 51.9 Å². The van der Waals surface area contributed by atoms with Crippen LogP contribution >= 0.6 is 0 Å². The van der Waals surface area contributed by atoms with Gasteiger partial charge >= 0.3 is 0 Å². The van der Waals surface area contributed by atoms with Crippen LogP contribution in [-0.4, -0.2) is 12.1 Å². The fourth-order valence-electron chi connectivity index (χ4n) is 2.01. The minimum absolute atomic E-state index is 0.295. The molecule has 1 nitrogen and oxygen atoms in total. The Hall–Kier alpha value is -0.480. The second-order valence-corrected chi connectivity index (χ2v) is 3.98. The molecule has 1 rings (SSSR count). The van der Waals surface area contributed by atoms with Crippen LogP contribution in [0, 0.1) is 12.3 Å². The van der Waals surface area contributed by atoms with Crippen LogP contribution in [0.4, 0.5) is 0 Å². The van der Waals surface area contributed by atoms with E-state index < -0.39 is 0 Å². The third-order valence-electron chi connectivity index (χ3n) is 2.90. The molecule has 0 saturated heterocycles. The third kappa shape index (κ3) is 3.83. The fraction of sp³-hybridized carbons (Fsp3) is 0.833. The van der Waals surface area contributed by atoms with E-state index in [0.717, 1.165) is 6.42 Å². The van der Waals surface area contributed by atoms with Gasteiger partial charge in [0, 0.05) is 6.04 Å². The van der Waals surface area contributed by atoms with Crippen molar-refractivity contribution in [3.63, 3.8) is 0 Å². The SMILES string of the molecule is C#CC(CC)NC1CCCCCC1. The minimum atomic E-state index is 0.295. The maximum absolute atomic E-state index is 5.43. The monoisotopic (exact) mass is 179 g/mol. The van der Waals surface area contributed by atoms with Crippen LogP contribution in [0.25, 0.3) is 0 Å². The Morgan fingerprint density at radius 1 is 1.31 bits per heavy atom. The van der Waals surface area contributed by atoms with Crippen molar-refractivity contribution in [2.45, 2.75) is 64.0 Å². The first-order valence-electron chi connectivity index (χ1n) is 5.59. The first kappa shape index (κ1) is 10.6. The van der Waals surface area contributed by atoms with Gasteiger partial charge in [-0.1, -0.05) is 38.5 Å². The zero-order valence-electron chi connectivity index (χ0n) is 8.68. The van der Waals surface area contributed by atoms with Crippen LogP contribution in [0.5, 0.6) is 0 Å². The Balaban J connectivity index is 2.29. The molecule has 0 spiro atoms. The van der Waals surface area contributed by atoms with Gasteiger partial charge in [0.2, 0.25) is 0 Å². The summed E-state index contributed by atoms with van der Waals surface area (Å²) in [7, 11) is 0. The zero-order chi connectivity index (χ0) is 9.52. The standard InChI is InChI=1S/C12H21N/c1-3-11(4-2)13-12-9-7-5-6-8-10-12/h1,11-13H,4-10H2,2H3. The second-order valence-electron chi connectivity index (χ2n) is 3.98. The molecule has 1 aliphatic rings. The number of terminal acetylenes is 1. The summed E-state index contributed by atoms with van der Waals surface area (Å²) in [4.78, 5) is 0. The Morgan fingerprint density at radius 2 is 1.92 bits per heavy atom. The molecule has 0 heterocycles. The molecule has 0 aromatic carbocycles. The average Bonchev–Trinajstić information content (AvgIpc) is 2.42. The van der Waals surface area contributed by atoms with Crippen molar-refractivity contribution in [2.24, 2.45) is 0 Å². The zero-order valence-corrected chi connectivity index (χ0v) is 8.68. The van der Waals surface area contributed by atoms with Crippen molar-refractivity contribution in [1.82, 2.24) is 5.32 Å². The highest BCUT2D eigenvalue weighted by Crippen LogP contribution is 2.17. The maximum Gasteiger partial charge on any atom is 0.0686 e. The van der Waals surface area contributed by atoms with Crippen LogP contribution in [0.2, 0.25) is 0 Å². The van der Waals surface area contributed by atoms with E-state index in [1.807, 2.05) is 0 Å². The van der Waals surface area contributed by atoms with Gasteiger partial charge in [-0.05, 0) is 19.3 Å². The molecule has 13 heavy (non-hydrogen) atoms. The summed E-state index contributed by atoms with van der Waals surface area (Å²) in [6, 6.07) is 0.978. The summed E-state index contributed by atoms with van der Waals surface area (Å²) in [5.41, 5.74) is 0. The largest absolute Gasteiger partial charge is 0.301 e. The molecule has 1 saturated carbocycles. The van der Waals surface area contributed by atoms with Crippen molar-refractivity contribution in [1.29, 1.82) is 0 Å². The van der Waals surface area contributed by atoms with E-state index in [1.165, 1.54) is 38.5 Å². The van der Waals surface area contributed by atoms with Crippen molar-refractivity contribution < 1.29 is 0 Å². The summed E-state index contributed by atoms with van der Waals surface area (Å²) >= 11 is 0. The molecule has 0 amide bonds. The molecule has 0 aromatic rings. The molecule has 0 radical (unpaired) electrons. The quantitative estimate of drug-likeness (QED) is 0.519. The van der Waals surface area contributed by atoms with E-state index in [9.17, 15) is 0 Å². The molecular formula is C12H21N. The van der Waals surface area contributed by atoms with Gasteiger partial charge in [-0.25, -0.2) is 0 Å². The fourth-order valence-corrected chi connectivity index (χ4v) is 2.01. The molecule has 1 fully saturated rings. The molecule has 1 heteroatoms. The predicted octanol–water partition coefficient (Wildman–Crippen LogP) is 2.71. The van der Waals surface area contributed by atoms with Gasteiger partial charge in [-0.3, -0.25) is 0 Å². The van der Waals surface area contributed by atoms with Gasteiger partial charge in [0.1, 0.15) is 0 Å². The van der Waals surface area contributed by atoms with Crippen molar-refractivity contribution in [2.75, 3.05) is 0 Å². The van der Waals surface area contributed by atoms with Crippen molar-refractivity contribution >= 4 is 0 Å². The highest BCUT2D eigenvalue weighted by Gasteiger charge is 2.14. The Kier molecular flexibility index (Phi) is 4.93. The molecule has 0 bridgehead atoms. The molecule has 0 aromatic heterocycles. The average molecular weight is 179 g/mol. The van der Waals surface area contributed by atoms with Gasteiger partial charge in [0.05, 0.1) is 6.04 Å². The number of nitrogens with one attached hydrogen (secondary N) is 1. The number of rotatable bonds is 3. The molecular weight excluding hydrogens is 158 g/mol. The van der Waals surface area contributed by atoms with Crippen LogP contribution in [0.15, 0.2) is 0 Å². The predicted molar refractivity (Wildman–Crippen MR) is 57.5 cm³/mol. The summed E-state index contributed by atoms with van der Waals surface area (Å²) < 4.78 is 0. The molecule has 74 valence electrons. The first-order chi connectivity index (χ1) is 6.36. The Morgan fingerprint density at radius 3 is 2.38 bits per heavy atom. The lowest BCUT2D eigenvalue weighted by molar-refractivity contribution is 0.427. The number of hydrogen-bond donors (Lipinski definition) is 1. The highest BCUT2D eigenvalue weighted by atomic mass is 14.9. The van der Waals surface area contributed by atoms with Gasteiger partial charge < -0.3 is 5.32 Å². The highest BCUT2D eigenvalue weighted by molar-refractivity contribution is 4.99. The van der Waals surface area contributed by atoms with Gasteiger partial charge in [-0.15, -0.1) is 6.42 Å². The molecule has 1 atom stereocenters. The topological polar surface area (TPSA) is 12.0 Å². The van der Waals surface area contributed by atoms with E-state index in [0.29, 0.717) is 12.1 Å². The molecule has 0 aliphatic heterocycles. The minimum Gasteiger partial charge on any atom is -0.301 e. The number of hydrogen-bond acceptors (Lipinski definition) is 1. The first-order valence-corrected chi connectivity index (χ1v) is 5.59. The molecule has 1 aliphatic carbocycles. The van der Waals surface area contributed by atoms with Crippen LogP contribution < -0.4 is 5.32 Å². The Labute approximate surface area is 82.3 Å². The molecule has 1 unspecified atom stereocenters. The summed E-state index contributed by atoms with van der Waals surface area (Å²) in [5, 5.41) is 3.56. The van der Waals surface area contributed by atoms with Crippen LogP contribution in [0.3, 0.4) is 0 Å². The van der Waals surface area contributed by atoms with Gasteiger partial charge in [0.15, 0.2) is 0 Å². The van der Waals surface area contributed by atoms with E-state index in [2.05, 4.69) is 18.2 Å².